The third kappa shape index (κ3) is 3.64. The topological polar surface area (TPSA) is 55.7 Å². The van der Waals surface area contributed by atoms with Crippen molar-refractivity contribution in [3.8, 4) is 10.8 Å². The molecule has 3 rings (SSSR count). The molecule has 0 aliphatic carbocycles. The molecule has 0 spiro atoms. The molecular weight excluding hydrogens is 314 g/mol. The molecule has 0 saturated carbocycles. The van der Waals surface area contributed by atoms with Crippen molar-refractivity contribution in [2.24, 2.45) is 0 Å². The predicted molar refractivity (Wildman–Crippen MR) is 89.9 cm³/mol. The Morgan fingerprint density at radius 3 is 2.64 bits per heavy atom. The van der Waals surface area contributed by atoms with Crippen molar-refractivity contribution in [3.63, 3.8) is 0 Å². The van der Waals surface area contributed by atoms with Crippen LogP contribution in [0.1, 0.15) is 16.8 Å². The zero-order valence-electron chi connectivity index (χ0n) is 12.1. The highest BCUT2D eigenvalue weighted by atomic mass is 32.2. The number of hydrogen-bond acceptors (Lipinski definition) is 5. The van der Waals surface area contributed by atoms with Gasteiger partial charge in [-0.15, -0.1) is 11.3 Å². The minimum atomic E-state index is -0.972. The van der Waals surface area contributed by atoms with Gasteiger partial charge in [-0.1, -0.05) is 24.3 Å². The van der Waals surface area contributed by atoms with E-state index >= 15 is 0 Å². The molecule has 1 atom stereocenters. The number of rotatable bonds is 5. The van der Waals surface area contributed by atoms with E-state index in [0.29, 0.717) is 17.3 Å². The van der Waals surface area contributed by atoms with Gasteiger partial charge in [0.25, 0.3) is 0 Å². The monoisotopic (exact) mass is 329 g/mol. The molecule has 0 aliphatic rings. The van der Waals surface area contributed by atoms with E-state index in [-0.39, 0.29) is 0 Å². The summed E-state index contributed by atoms with van der Waals surface area (Å²) in [4.78, 5) is 12.8. The van der Waals surface area contributed by atoms with E-state index in [1.807, 2.05) is 36.6 Å². The lowest BCUT2D eigenvalue weighted by atomic mass is 10.1. The third-order valence-corrected chi connectivity index (χ3v) is 5.33. The van der Waals surface area contributed by atoms with Gasteiger partial charge in [-0.2, -0.15) is 0 Å². The quantitative estimate of drug-likeness (QED) is 0.720. The molecule has 2 aromatic heterocycles. The SMILES string of the molecule is Cc1ccccc1CS(=O)Cc1csc(-c2ncccn2)n1. The molecule has 22 heavy (non-hydrogen) atoms. The summed E-state index contributed by atoms with van der Waals surface area (Å²) < 4.78 is 12.3. The zero-order chi connectivity index (χ0) is 15.4. The van der Waals surface area contributed by atoms with E-state index < -0.39 is 10.8 Å². The summed E-state index contributed by atoms with van der Waals surface area (Å²) in [5.74, 6) is 1.63. The fourth-order valence-electron chi connectivity index (χ4n) is 2.05. The number of aryl methyl sites for hydroxylation is 1. The van der Waals surface area contributed by atoms with Gasteiger partial charge in [0.05, 0.1) is 11.4 Å². The van der Waals surface area contributed by atoms with Crippen molar-refractivity contribution in [1.29, 1.82) is 0 Å². The summed E-state index contributed by atoms with van der Waals surface area (Å²) in [6.07, 6.45) is 3.39. The molecule has 0 fully saturated rings. The average Bonchev–Trinajstić information content (AvgIpc) is 2.99. The maximum atomic E-state index is 12.3. The average molecular weight is 329 g/mol. The van der Waals surface area contributed by atoms with Crippen LogP contribution in [0.2, 0.25) is 0 Å². The first-order valence-corrected chi connectivity index (χ1v) is 9.20. The number of thiazole rings is 1. The van der Waals surface area contributed by atoms with E-state index in [4.69, 9.17) is 0 Å². The first-order valence-electron chi connectivity index (χ1n) is 6.83. The Morgan fingerprint density at radius 2 is 1.86 bits per heavy atom. The van der Waals surface area contributed by atoms with Gasteiger partial charge in [0.2, 0.25) is 0 Å². The maximum Gasteiger partial charge on any atom is 0.188 e. The Balaban J connectivity index is 1.68. The van der Waals surface area contributed by atoms with Gasteiger partial charge in [0, 0.05) is 34.3 Å². The van der Waals surface area contributed by atoms with Crippen LogP contribution >= 0.6 is 11.3 Å². The van der Waals surface area contributed by atoms with Gasteiger partial charge >= 0.3 is 0 Å². The lowest BCUT2D eigenvalue weighted by molar-refractivity contribution is 0.681. The normalized spacial score (nSPS) is 12.2. The standard InChI is InChI=1S/C16H15N3OS2/c1-12-5-2-3-6-13(12)10-22(20)11-14-9-21-16(19-14)15-17-7-4-8-18-15/h2-9H,10-11H2,1H3. The molecule has 0 amide bonds. The van der Waals surface area contributed by atoms with Crippen LogP contribution < -0.4 is 0 Å². The lowest BCUT2D eigenvalue weighted by Crippen LogP contribution is -2.01. The first-order chi connectivity index (χ1) is 10.7. The fourth-order valence-corrected chi connectivity index (χ4v) is 4.17. The van der Waals surface area contributed by atoms with E-state index in [1.165, 1.54) is 16.9 Å². The number of aromatic nitrogens is 3. The highest BCUT2D eigenvalue weighted by Crippen LogP contribution is 2.21. The molecule has 3 aromatic rings. The molecule has 0 saturated heterocycles. The van der Waals surface area contributed by atoms with Gasteiger partial charge < -0.3 is 0 Å². The molecule has 0 aliphatic heterocycles. The van der Waals surface area contributed by atoms with E-state index in [1.54, 1.807) is 18.5 Å². The van der Waals surface area contributed by atoms with Gasteiger partial charge in [0.15, 0.2) is 10.8 Å². The Labute approximate surface area is 135 Å². The number of benzene rings is 1. The van der Waals surface area contributed by atoms with Crippen molar-refractivity contribution in [2.45, 2.75) is 18.4 Å². The number of hydrogen-bond donors (Lipinski definition) is 0. The summed E-state index contributed by atoms with van der Waals surface area (Å²) >= 11 is 1.48. The Morgan fingerprint density at radius 1 is 1.09 bits per heavy atom. The minimum absolute atomic E-state index is 0.456. The van der Waals surface area contributed by atoms with E-state index in [9.17, 15) is 4.21 Å². The second-order valence-electron chi connectivity index (χ2n) is 4.87. The summed E-state index contributed by atoms with van der Waals surface area (Å²) in [6, 6.07) is 9.81. The van der Waals surface area contributed by atoms with Gasteiger partial charge in [-0.25, -0.2) is 15.0 Å². The van der Waals surface area contributed by atoms with Gasteiger partial charge in [-0.3, -0.25) is 4.21 Å². The van der Waals surface area contributed by atoms with Crippen LogP contribution in [0, 0.1) is 6.92 Å². The van der Waals surface area contributed by atoms with Crippen LogP contribution in [0.4, 0.5) is 0 Å². The van der Waals surface area contributed by atoms with Crippen LogP contribution in [0.5, 0.6) is 0 Å². The molecule has 6 heteroatoms. The van der Waals surface area contributed by atoms with Crippen LogP contribution in [-0.2, 0) is 22.3 Å². The molecule has 112 valence electrons. The van der Waals surface area contributed by atoms with Gasteiger partial charge in [0.1, 0.15) is 0 Å². The summed E-state index contributed by atoms with van der Waals surface area (Å²) in [6.45, 7) is 2.04. The van der Waals surface area contributed by atoms with Crippen molar-refractivity contribution in [1.82, 2.24) is 15.0 Å². The molecular formula is C16H15N3OS2. The third-order valence-electron chi connectivity index (χ3n) is 3.20. The van der Waals surface area contributed by atoms with Crippen LogP contribution in [0.3, 0.4) is 0 Å². The smallest absolute Gasteiger partial charge is 0.188 e. The summed E-state index contributed by atoms with van der Waals surface area (Å²) in [7, 11) is -0.972. The van der Waals surface area contributed by atoms with Crippen LogP contribution in [0.25, 0.3) is 10.8 Å². The molecule has 2 heterocycles. The molecule has 0 bridgehead atoms. The summed E-state index contributed by atoms with van der Waals surface area (Å²) in [5.41, 5.74) is 3.13. The lowest BCUT2D eigenvalue weighted by Gasteiger charge is -2.04. The Kier molecular flexibility index (Phi) is 4.70. The molecule has 1 unspecified atom stereocenters. The maximum absolute atomic E-state index is 12.3. The second-order valence-corrected chi connectivity index (χ2v) is 7.19. The second kappa shape index (κ2) is 6.89. The van der Waals surface area contributed by atoms with Crippen molar-refractivity contribution >= 4 is 22.1 Å². The van der Waals surface area contributed by atoms with Gasteiger partial charge in [-0.05, 0) is 24.1 Å². The van der Waals surface area contributed by atoms with E-state index in [0.717, 1.165) is 16.3 Å². The van der Waals surface area contributed by atoms with Crippen LogP contribution in [-0.4, -0.2) is 19.2 Å². The minimum Gasteiger partial charge on any atom is -0.259 e. The number of nitrogens with zero attached hydrogens (tertiary/aromatic N) is 3. The van der Waals surface area contributed by atoms with E-state index in [2.05, 4.69) is 15.0 Å². The first kappa shape index (κ1) is 15.0. The van der Waals surface area contributed by atoms with Crippen molar-refractivity contribution in [2.75, 3.05) is 0 Å². The molecule has 0 radical (unpaired) electrons. The highest BCUT2D eigenvalue weighted by molar-refractivity contribution is 7.83. The molecule has 0 N–H and O–H groups in total. The predicted octanol–water partition coefficient (Wildman–Crippen LogP) is 3.36. The fraction of sp³-hybridized carbons (Fsp3) is 0.188. The van der Waals surface area contributed by atoms with Crippen molar-refractivity contribution in [3.05, 3.63) is 64.9 Å². The highest BCUT2D eigenvalue weighted by Gasteiger charge is 2.10. The van der Waals surface area contributed by atoms with Crippen molar-refractivity contribution < 1.29 is 4.21 Å². The Hall–Kier alpha value is -1.92. The van der Waals surface area contributed by atoms with Crippen LogP contribution in [0.15, 0.2) is 48.1 Å². The zero-order valence-corrected chi connectivity index (χ0v) is 13.7. The summed E-state index contributed by atoms with van der Waals surface area (Å²) in [5, 5.41) is 2.70. The largest absolute Gasteiger partial charge is 0.259 e. The molecule has 4 nitrogen and oxygen atoms in total. The Bertz CT molecular complexity index is 787. The molecule has 1 aromatic carbocycles.